The molecule has 2 aromatic carbocycles. The van der Waals surface area contributed by atoms with Crippen LogP contribution >= 0.6 is 11.8 Å². The maximum absolute atomic E-state index is 11.3. The first-order valence-corrected chi connectivity index (χ1v) is 8.26. The third kappa shape index (κ3) is 3.26. The highest BCUT2D eigenvalue weighted by Gasteiger charge is 2.25. The van der Waals surface area contributed by atoms with Gasteiger partial charge in [-0.1, -0.05) is 36.4 Å². The number of nitrogens with zero attached hydrogens (tertiary/aromatic N) is 1. The van der Waals surface area contributed by atoms with Gasteiger partial charge in [0.1, 0.15) is 16.1 Å². The highest BCUT2D eigenvalue weighted by molar-refractivity contribution is 7.99. The molecule has 24 heavy (non-hydrogen) atoms. The summed E-state index contributed by atoms with van der Waals surface area (Å²) < 4.78 is 5.41. The molecule has 0 aliphatic heterocycles. The van der Waals surface area contributed by atoms with E-state index in [2.05, 4.69) is 0 Å². The van der Waals surface area contributed by atoms with Crippen molar-refractivity contribution in [2.45, 2.75) is 5.75 Å². The van der Waals surface area contributed by atoms with E-state index in [0.29, 0.717) is 27.8 Å². The van der Waals surface area contributed by atoms with Crippen molar-refractivity contribution in [1.82, 2.24) is 0 Å². The van der Waals surface area contributed by atoms with Gasteiger partial charge in [0.25, 0.3) is 0 Å². The van der Waals surface area contributed by atoms with E-state index >= 15 is 0 Å². The van der Waals surface area contributed by atoms with Gasteiger partial charge in [-0.15, -0.1) is 11.8 Å². The van der Waals surface area contributed by atoms with Gasteiger partial charge in [-0.25, -0.2) is 0 Å². The molecule has 0 unspecified atom stereocenters. The topological polar surface area (TPSA) is 93.6 Å². The first-order chi connectivity index (χ1) is 11.6. The fourth-order valence-corrected chi connectivity index (χ4v) is 3.18. The average Bonchev–Trinajstić information content (AvgIpc) is 2.94. The van der Waals surface area contributed by atoms with Crippen molar-refractivity contribution in [3.8, 4) is 11.1 Å². The van der Waals surface area contributed by atoms with Gasteiger partial charge in [0.15, 0.2) is 0 Å². The number of carbonyl (C=O) groups is 1. The van der Waals surface area contributed by atoms with E-state index in [1.165, 1.54) is 11.8 Å². The van der Waals surface area contributed by atoms with Gasteiger partial charge in [-0.05, 0) is 23.3 Å². The Morgan fingerprint density at radius 3 is 2.62 bits per heavy atom. The predicted octanol–water partition coefficient (Wildman–Crippen LogP) is 4.33. The molecule has 122 valence electrons. The Bertz CT molecular complexity index is 904. The number of carboxylic acid groups (broad SMARTS) is 1. The lowest BCUT2D eigenvalue weighted by Gasteiger charge is -2.01. The number of fused-ring (bicyclic) bond motifs is 1. The predicted molar refractivity (Wildman–Crippen MR) is 92.1 cm³/mol. The fraction of sp³-hybridized carbons (Fsp3) is 0.118. The third-order valence-electron chi connectivity index (χ3n) is 3.46. The van der Waals surface area contributed by atoms with Crippen LogP contribution in [0.3, 0.4) is 0 Å². The molecule has 7 heteroatoms. The Morgan fingerprint density at radius 1 is 1.21 bits per heavy atom. The lowest BCUT2D eigenvalue weighted by molar-refractivity contribution is -0.400. The molecule has 0 aliphatic carbocycles. The van der Waals surface area contributed by atoms with Gasteiger partial charge in [-0.2, -0.15) is 0 Å². The number of thioether (sulfide) groups is 1. The number of furan rings is 1. The molecule has 0 spiro atoms. The van der Waals surface area contributed by atoms with Gasteiger partial charge in [0.2, 0.25) is 0 Å². The smallest absolute Gasteiger partial charge is 0.442 e. The molecule has 0 radical (unpaired) electrons. The van der Waals surface area contributed by atoms with Gasteiger partial charge in [0.05, 0.1) is 5.75 Å². The van der Waals surface area contributed by atoms with Crippen molar-refractivity contribution in [3.63, 3.8) is 0 Å². The van der Waals surface area contributed by atoms with Crippen molar-refractivity contribution in [2.24, 2.45) is 0 Å². The minimum Gasteiger partial charge on any atom is -0.481 e. The van der Waals surface area contributed by atoms with Crippen molar-refractivity contribution in [3.05, 3.63) is 64.2 Å². The summed E-state index contributed by atoms with van der Waals surface area (Å²) >= 11 is 1.27. The second kappa shape index (κ2) is 6.76. The van der Waals surface area contributed by atoms with Crippen molar-refractivity contribution in [1.29, 1.82) is 0 Å². The monoisotopic (exact) mass is 343 g/mol. The molecule has 3 rings (SSSR count). The molecule has 1 heterocycles. The Labute approximate surface area is 141 Å². The summed E-state index contributed by atoms with van der Waals surface area (Å²) in [7, 11) is 0. The number of hydrogen-bond acceptors (Lipinski definition) is 5. The SMILES string of the molecule is O=C(O)CSCc1ccc2oc([N+](=O)[O-])c(-c3ccccc3)c2c1. The Kier molecular flexibility index (Phi) is 4.52. The molecule has 0 saturated carbocycles. The molecule has 3 aromatic rings. The number of aliphatic carboxylic acids is 1. The molecule has 0 amide bonds. The normalized spacial score (nSPS) is 10.8. The highest BCUT2D eigenvalue weighted by Crippen LogP contribution is 2.40. The van der Waals surface area contributed by atoms with Crippen LogP contribution in [-0.2, 0) is 10.5 Å². The van der Waals surface area contributed by atoms with E-state index in [-0.39, 0.29) is 11.6 Å². The van der Waals surface area contributed by atoms with Gasteiger partial charge in [0, 0.05) is 11.1 Å². The Morgan fingerprint density at radius 2 is 1.96 bits per heavy atom. The molecule has 0 atom stereocenters. The molecule has 6 nitrogen and oxygen atoms in total. The van der Waals surface area contributed by atoms with E-state index in [0.717, 1.165) is 5.56 Å². The van der Waals surface area contributed by atoms with Crippen LogP contribution in [0.1, 0.15) is 5.56 Å². The maximum atomic E-state index is 11.3. The first kappa shape index (κ1) is 16.1. The molecular formula is C17H13NO5S. The van der Waals surface area contributed by atoms with E-state index < -0.39 is 10.9 Å². The molecule has 0 bridgehead atoms. The summed E-state index contributed by atoms with van der Waals surface area (Å²) in [6.07, 6.45) is 0. The zero-order chi connectivity index (χ0) is 17.1. The van der Waals surface area contributed by atoms with E-state index in [4.69, 9.17) is 9.52 Å². The summed E-state index contributed by atoms with van der Waals surface area (Å²) in [6.45, 7) is 0. The molecule has 1 aromatic heterocycles. The molecule has 0 fully saturated rings. The van der Waals surface area contributed by atoms with Crippen LogP contribution in [0.25, 0.3) is 22.1 Å². The number of carboxylic acids is 1. The van der Waals surface area contributed by atoms with Crippen LogP contribution in [0.4, 0.5) is 5.88 Å². The minimum absolute atomic E-state index is 0.00904. The van der Waals surface area contributed by atoms with Crippen LogP contribution in [-0.4, -0.2) is 21.8 Å². The summed E-state index contributed by atoms with van der Waals surface area (Å²) in [5.41, 5.74) is 2.48. The highest BCUT2D eigenvalue weighted by atomic mass is 32.2. The lowest BCUT2D eigenvalue weighted by atomic mass is 10.0. The van der Waals surface area contributed by atoms with Crippen LogP contribution in [0, 0.1) is 10.1 Å². The largest absolute Gasteiger partial charge is 0.481 e. The summed E-state index contributed by atoms with van der Waals surface area (Å²) in [6, 6.07) is 14.3. The quantitative estimate of drug-likeness (QED) is 0.529. The van der Waals surface area contributed by atoms with Crippen molar-refractivity contribution >= 4 is 34.6 Å². The first-order valence-electron chi connectivity index (χ1n) is 7.11. The van der Waals surface area contributed by atoms with Crippen molar-refractivity contribution < 1.29 is 19.2 Å². The maximum Gasteiger partial charge on any atom is 0.442 e. The van der Waals surface area contributed by atoms with Crippen LogP contribution in [0.15, 0.2) is 52.9 Å². The summed E-state index contributed by atoms with van der Waals surface area (Å²) in [5, 5.41) is 20.7. The standard InChI is InChI=1S/C17H13NO5S/c19-15(20)10-24-9-11-6-7-14-13(8-11)16(17(23-14)18(21)22)12-4-2-1-3-5-12/h1-8H,9-10H2,(H,19,20). The lowest BCUT2D eigenvalue weighted by Crippen LogP contribution is -1.98. The Hall–Kier alpha value is -2.80. The zero-order valence-corrected chi connectivity index (χ0v) is 13.3. The summed E-state index contributed by atoms with van der Waals surface area (Å²) in [4.78, 5) is 21.4. The third-order valence-corrected chi connectivity index (χ3v) is 4.44. The zero-order valence-electron chi connectivity index (χ0n) is 12.5. The molecule has 1 N–H and O–H groups in total. The van der Waals surface area contributed by atoms with Gasteiger partial charge >= 0.3 is 11.9 Å². The van der Waals surface area contributed by atoms with E-state index in [9.17, 15) is 14.9 Å². The van der Waals surface area contributed by atoms with Gasteiger partial charge < -0.3 is 9.52 Å². The number of nitro groups is 1. The van der Waals surface area contributed by atoms with Crippen LogP contribution in [0.5, 0.6) is 0 Å². The van der Waals surface area contributed by atoms with Crippen LogP contribution < -0.4 is 0 Å². The van der Waals surface area contributed by atoms with Gasteiger partial charge in [-0.3, -0.25) is 14.9 Å². The molecular weight excluding hydrogens is 330 g/mol. The minimum atomic E-state index is -0.870. The summed E-state index contributed by atoms with van der Waals surface area (Å²) in [5.74, 6) is -0.638. The van der Waals surface area contributed by atoms with E-state index in [1.54, 1.807) is 24.3 Å². The van der Waals surface area contributed by atoms with Crippen molar-refractivity contribution in [2.75, 3.05) is 5.75 Å². The second-order valence-corrected chi connectivity index (χ2v) is 6.11. The second-order valence-electron chi connectivity index (χ2n) is 5.12. The molecule has 0 saturated heterocycles. The number of rotatable bonds is 6. The number of benzene rings is 2. The van der Waals surface area contributed by atoms with E-state index in [1.807, 2.05) is 24.3 Å². The molecule has 0 aliphatic rings. The average molecular weight is 343 g/mol. The van der Waals surface area contributed by atoms with Crippen LogP contribution in [0.2, 0.25) is 0 Å². The fourth-order valence-electron chi connectivity index (χ4n) is 2.49. The Balaban J connectivity index is 2.07. The number of hydrogen-bond donors (Lipinski definition) is 1.